The fraction of sp³-hybridized carbons (Fsp3) is 0.278. The molecule has 0 aliphatic carbocycles. The first-order valence-electron chi connectivity index (χ1n) is 7.24. The lowest BCUT2D eigenvalue weighted by Gasteiger charge is -2.26. The Kier molecular flexibility index (Phi) is 4.02. The van der Waals surface area contributed by atoms with Gasteiger partial charge in [-0.25, -0.2) is 0 Å². The predicted octanol–water partition coefficient (Wildman–Crippen LogP) is 4.27. The highest BCUT2D eigenvalue weighted by Crippen LogP contribution is 2.35. The third-order valence-corrected chi connectivity index (χ3v) is 4.87. The minimum Gasteiger partial charge on any atom is -0.345 e. The highest BCUT2D eigenvalue weighted by atomic mass is 32.2. The van der Waals surface area contributed by atoms with Crippen LogP contribution in [0.4, 0.5) is 0 Å². The molecule has 0 spiro atoms. The molecule has 2 nitrogen and oxygen atoms in total. The number of hydrogen-bond donors (Lipinski definition) is 1. The Hall–Kier alpha value is -1.74. The SMILES string of the molecule is Cc1cc(C)cc(C(=O)N[C@H]2CCSc3ccccc32)c1. The Morgan fingerprint density at radius 1 is 1.14 bits per heavy atom. The van der Waals surface area contributed by atoms with E-state index in [9.17, 15) is 4.79 Å². The number of aryl methyl sites for hydroxylation is 2. The molecule has 1 heterocycles. The molecule has 21 heavy (non-hydrogen) atoms. The van der Waals surface area contributed by atoms with Gasteiger partial charge in [0.05, 0.1) is 6.04 Å². The van der Waals surface area contributed by atoms with Crippen molar-refractivity contribution in [3.63, 3.8) is 0 Å². The van der Waals surface area contributed by atoms with E-state index in [2.05, 4.69) is 29.6 Å². The molecule has 0 bridgehead atoms. The first-order chi connectivity index (χ1) is 10.1. The molecule has 1 N–H and O–H groups in total. The Morgan fingerprint density at radius 2 is 1.86 bits per heavy atom. The monoisotopic (exact) mass is 297 g/mol. The van der Waals surface area contributed by atoms with Crippen molar-refractivity contribution in [1.29, 1.82) is 0 Å². The second kappa shape index (κ2) is 5.94. The zero-order valence-electron chi connectivity index (χ0n) is 12.3. The van der Waals surface area contributed by atoms with Gasteiger partial charge in [0.2, 0.25) is 0 Å². The van der Waals surface area contributed by atoms with E-state index in [1.54, 1.807) is 0 Å². The van der Waals surface area contributed by atoms with E-state index in [1.165, 1.54) is 10.5 Å². The maximum absolute atomic E-state index is 12.5. The molecular formula is C18H19NOS. The average Bonchev–Trinajstić information content (AvgIpc) is 2.46. The summed E-state index contributed by atoms with van der Waals surface area (Å²) >= 11 is 1.87. The quantitative estimate of drug-likeness (QED) is 0.897. The number of thioether (sulfide) groups is 1. The molecular weight excluding hydrogens is 278 g/mol. The summed E-state index contributed by atoms with van der Waals surface area (Å²) in [5.41, 5.74) is 4.24. The smallest absolute Gasteiger partial charge is 0.251 e. The van der Waals surface area contributed by atoms with Crippen molar-refractivity contribution in [2.45, 2.75) is 31.2 Å². The molecule has 0 saturated carbocycles. The number of carbonyl (C=O) groups is 1. The van der Waals surface area contributed by atoms with Crippen LogP contribution >= 0.6 is 11.8 Å². The van der Waals surface area contributed by atoms with E-state index in [4.69, 9.17) is 0 Å². The highest BCUT2D eigenvalue weighted by molar-refractivity contribution is 7.99. The number of amides is 1. The second-order valence-corrected chi connectivity index (χ2v) is 6.71. The number of nitrogens with one attached hydrogen (secondary N) is 1. The van der Waals surface area contributed by atoms with Gasteiger partial charge in [0, 0.05) is 16.2 Å². The summed E-state index contributed by atoms with van der Waals surface area (Å²) in [4.78, 5) is 13.8. The summed E-state index contributed by atoms with van der Waals surface area (Å²) in [5, 5.41) is 3.19. The van der Waals surface area contributed by atoms with Gasteiger partial charge in [-0.05, 0) is 44.0 Å². The van der Waals surface area contributed by atoms with Crippen LogP contribution in [0.25, 0.3) is 0 Å². The Balaban J connectivity index is 1.82. The lowest BCUT2D eigenvalue weighted by Crippen LogP contribution is -2.30. The van der Waals surface area contributed by atoms with Crippen LogP contribution in [0.5, 0.6) is 0 Å². The van der Waals surface area contributed by atoms with Crippen molar-refractivity contribution in [3.8, 4) is 0 Å². The maximum atomic E-state index is 12.5. The normalized spacial score (nSPS) is 17.1. The molecule has 3 rings (SSSR count). The molecule has 3 heteroatoms. The largest absolute Gasteiger partial charge is 0.345 e. The number of hydrogen-bond acceptors (Lipinski definition) is 2. The molecule has 108 valence electrons. The molecule has 0 saturated heterocycles. The summed E-state index contributed by atoms with van der Waals surface area (Å²) < 4.78 is 0. The first-order valence-corrected chi connectivity index (χ1v) is 8.23. The number of fused-ring (bicyclic) bond motifs is 1. The van der Waals surface area contributed by atoms with Crippen molar-refractivity contribution in [3.05, 3.63) is 64.7 Å². The zero-order chi connectivity index (χ0) is 14.8. The van der Waals surface area contributed by atoms with Crippen LogP contribution in [0.3, 0.4) is 0 Å². The molecule has 1 amide bonds. The summed E-state index contributed by atoms with van der Waals surface area (Å²) in [6.07, 6.45) is 0.984. The zero-order valence-corrected chi connectivity index (χ0v) is 13.2. The van der Waals surface area contributed by atoms with Crippen LogP contribution < -0.4 is 5.32 Å². The number of rotatable bonds is 2. The van der Waals surface area contributed by atoms with Crippen molar-refractivity contribution in [2.24, 2.45) is 0 Å². The predicted molar refractivity (Wildman–Crippen MR) is 87.9 cm³/mol. The Labute approximate surface area is 130 Å². The van der Waals surface area contributed by atoms with Gasteiger partial charge in [-0.3, -0.25) is 4.79 Å². The average molecular weight is 297 g/mol. The second-order valence-electron chi connectivity index (χ2n) is 5.58. The number of benzene rings is 2. The van der Waals surface area contributed by atoms with Gasteiger partial charge in [-0.1, -0.05) is 35.4 Å². The Bertz CT molecular complexity index is 660. The van der Waals surface area contributed by atoms with E-state index >= 15 is 0 Å². The van der Waals surface area contributed by atoms with E-state index in [0.717, 1.165) is 28.9 Å². The summed E-state index contributed by atoms with van der Waals surface area (Å²) in [6, 6.07) is 14.5. The van der Waals surface area contributed by atoms with Crippen LogP contribution in [-0.2, 0) is 0 Å². The third-order valence-electron chi connectivity index (χ3n) is 3.75. The lowest BCUT2D eigenvalue weighted by atomic mass is 10.0. The molecule has 0 fully saturated rings. The van der Waals surface area contributed by atoms with Gasteiger partial charge in [-0.15, -0.1) is 11.8 Å². The van der Waals surface area contributed by atoms with Crippen LogP contribution in [0.2, 0.25) is 0 Å². The first kappa shape index (κ1) is 14.2. The molecule has 0 radical (unpaired) electrons. The van der Waals surface area contributed by atoms with E-state index in [0.29, 0.717) is 0 Å². The van der Waals surface area contributed by atoms with Crippen LogP contribution in [0.15, 0.2) is 47.4 Å². The van der Waals surface area contributed by atoms with Crippen molar-refractivity contribution < 1.29 is 4.79 Å². The molecule has 0 unspecified atom stereocenters. The molecule has 2 aromatic rings. The summed E-state index contributed by atoms with van der Waals surface area (Å²) in [5.74, 6) is 1.07. The Morgan fingerprint density at radius 3 is 2.62 bits per heavy atom. The molecule has 1 atom stereocenters. The van der Waals surface area contributed by atoms with Crippen molar-refractivity contribution in [1.82, 2.24) is 5.32 Å². The minimum absolute atomic E-state index is 0.0218. The third kappa shape index (κ3) is 3.13. The van der Waals surface area contributed by atoms with Crippen LogP contribution in [0, 0.1) is 13.8 Å². The molecule has 2 aromatic carbocycles. The van der Waals surface area contributed by atoms with Gasteiger partial charge < -0.3 is 5.32 Å². The van der Waals surface area contributed by atoms with Gasteiger partial charge in [-0.2, -0.15) is 0 Å². The van der Waals surface area contributed by atoms with Crippen LogP contribution in [0.1, 0.15) is 39.5 Å². The van der Waals surface area contributed by atoms with Crippen molar-refractivity contribution >= 4 is 17.7 Å². The molecule has 0 aromatic heterocycles. The highest BCUT2D eigenvalue weighted by Gasteiger charge is 2.22. The van der Waals surface area contributed by atoms with E-state index in [-0.39, 0.29) is 11.9 Å². The van der Waals surface area contributed by atoms with E-state index in [1.807, 2.05) is 43.8 Å². The molecule has 1 aliphatic heterocycles. The van der Waals surface area contributed by atoms with Gasteiger partial charge in [0.15, 0.2) is 0 Å². The summed E-state index contributed by atoms with van der Waals surface area (Å²) in [6.45, 7) is 4.05. The van der Waals surface area contributed by atoms with Gasteiger partial charge in [0.25, 0.3) is 5.91 Å². The fourth-order valence-corrected chi connectivity index (χ4v) is 3.96. The summed E-state index contributed by atoms with van der Waals surface area (Å²) in [7, 11) is 0. The fourth-order valence-electron chi connectivity index (χ4n) is 2.84. The van der Waals surface area contributed by atoms with Crippen molar-refractivity contribution in [2.75, 3.05) is 5.75 Å². The lowest BCUT2D eigenvalue weighted by molar-refractivity contribution is 0.0935. The van der Waals surface area contributed by atoms with Gasteiger partial charge >= 0.3 is 0 Å². The molecule has 1 aliphatic rings. The number of carbonyl (C=O) groups excluding carboxylic acids is 1. The van der Waals surface area contributed by atoms with Gasteiger partial charge in [0.1, 0.15) is 0 Å². The topological polar surface area (TPSA) is 29.1 Å². The van der Waals surface area contributed by atoms with Crippen LogP contribution in [-0.4, -0.2) is 11.7 Å². The van der Waals surface area contributed by atoms with E-state index < -0.39 is 0 Å². The maximum Gasteiger partial charge on any atom is 0.251 e. The minimum atomic E-state index is 0.0218. The standard InChI is InChI=1S/C18H19NOS/c1-12-9-13(2)11-14(10-12)18(20)19-16-7-8-21-17-6-4-3-5-15(16)17/h3-6,9-11,16H,7-8H2,1-2H3,(H,19,20)/t16-/m0/s1.